The standard InChI is InChI=1S/C27H26ClFN4O6/c1-32(13-18(35)14-34)27(39)24-22(25(37)30-16-7-5-15(28)6-8-16)23(24)26(38)31-20-10-9-17(12-19(20)29)33-11-3-2-4-21(33)36/h2-12,18,22-24,34-35H,13-14H2,1H3,(H,30,37)(H,31,38). The minimum Gasteiger partial charge on any atom is -0.394 e. The monoisotopic (exact) mass is 556 g/mol. The van der Waals surface area contributed by atoms with Crippen LogP contribution < -0.4 is 16.2 Å². The molecule has 10 nitrogen and oxygen atoms in total. The van der Waals surface area contributed by atoms with Crippen molar-refractivity contribution in [2.45, 2.75) is 6.10 Å². The van der Waals surface area contributed by atoms with Crippen molar-refractivity contribution >= 4 is 40.7 Å². The van der Waals surface area contributed by atoms with E-state index in [1.165, 1.54) is 36.0 Å². The summed E-state index contributed by atoms with van der Waals surface area (Å²) < 4.78 is 16.1. The highest BCUT2D eigenvalue weighted by Crippen LogP contribution is 2.49. The fourth-order valence-corrected chi connectivity index (χ4v) is 4.49. The Morgan fingerprint density at radius 1 is 1.03 bits per heavy atom. The van der Waals surface area contributed by atoms with Gasteiger partial charge in [-0.1, -0.05) is 17.7 Å². The minimum absolute atomic E-state index is 0.188. The quantitative estimate of drug-likeness (QED) is 0.317. The number of halogens is 2. The van der Waals surface area contributed by atoms with E-state index in [0.29, 0.717) is 10.7 Å². The fraction of sp³-hybridized carbons (Fsp3) is 0.259. The molecule has 2 aromatic carbocycles. The molecule has 3 amide bonds. The van der Waals surface area contributed by atoms with Crippen molar-refractivity contribution in [3.8, 4) is 5.69 Å². The second-order valence-electron chi connectivity index (χ2n) is 9.19. The number of hydrogen-bond acceptors (Lipinski definition) is 6. The number of carbonyl (C=O) groups is 3. The molecule has 1 aliphatic carbocycles. The number of nitrogens with zero attached hydrogens (tertiary/aromatic N) is 2. The third-order valence-electron chi connectivity index (χ3n) is 6.40. The van der Waals surface area contributed by atoms with E-state index in [4.69, 9.17) is 16.7 Å². The molecular weight excluding hydrogens is 531 g/mol. The van der Waals surface area contributed by atoms with Gasteiger partial charge in [-0.15, -0.1) is 0 Å². The van der Waals surface area contributed by atoms with Gasteiger partial charge in [-0.25, -0.2) is 4.39 Å². The molecule has 39 heavy (non-hydrogen) atoms. The summed E-state index contributed by atoms with van der Waals surface area (Å²) in [5, 5.41) is 24.4. The SMILES string of the molecule is CN(CC(O)CO)C(=O)C1C(C(=O)Nc2ccc(Cl)cc2)C1C(=O)Nc1ccc(-n2ccccc2=O)cc1F. The number of pyridine rings is 1. The highest BCUT2D eigenvalue weighted by molar-refractivity contribution is 6.30. The number of amides is 3. The molecule has 0 spiro atoms. The van der Waals surface area contributed by atoms with Crippen LogP contribution in [0, 0.1) is 23.6 Å². The maximum Gasteiger partial charge on any atom is 0.255 e. The number of aromatic nitrogens is 1. The Bertz CT molecular complexity index is 1450. The van der Waals surface area contributed by atoms with Gasteiger partial charge in [-0.2, -0.15) is 0 Å². The summed E-state index contributed by atoms with van der Waals surface area (Å²) in [6.45, 7) is -0.780. The van der Waals surface area contributed by atoms with Gasteiger partial charge in [0.25, 0.3) is 5.56 Å². The molecule has 3 aromatic rings. The average molecular weight is 557 g/mol. The maximum atomic E-state index is 14.9. The Morgan fingerprint density at radius 3 is 2.31 bits per heavy atom. The van der Waals surface area contributed by atoms with Gasteiger partial charge in [0, 0.05) is 42.6 Å². The van der Waals surface area contributed by atoms with Gasteiger partial charge in [0.15, 0.2) is 0 Å². The third-order valence-corrected chi connectivity index (χ3v) is 6.66. The molecule has 1 aromatic heterocycles. The summed E-state index contributed by atoms with van der Waals surface area (Å²) in [5.74, 6) is -5.99. The predicted octanol–water partition coefficient (Wildman–Crippen LogP) is 1.88. The largest absolute Gasteiger partial charge is 0.394 e. The normalized spacial score (nSPS) is 18.6. The van der Waals surface area contributed by atoms with Crippen molar-refractivity contribution in [2.75, 3.05) is 30.8 Å². The molecule has 1 saturated carbocycles. The van der Waals surface area contributed by atoms with E-state index < -0.39 is 54.0 Å². The Kier molecular flexibility index (Phi) is 8.44. The minimum atomic E-state index is -1.20. The highest BCUT2D eigenvalue weighted by Gasteiger charge is 2.63. The van der Waals surface area contributed by atoms with Crippen LogP contribution in [0.25, 0.3) is 5.69 Å². The van der Waals surface area contributed by atoms with Crippen molar-refractivity contribution in [1.29, 1.82) is 0 Å². The summed E-state index contributed by atoms with van der Waals surface area (Å²) in [4.78, 5) is 52.5. The van der Waals surface area contributed by atoms with Crippen LogP contribution in [0.5, 0.6) is 0 Å². The van der Waals surface area contributed by atoms with E-state index in [1.54, 1.807) is 36.4 Å². The zero-order chi connectivity index (χ0) is 28.3. The van der Waals surface area contributed by atoms with Gasteiger partial charge in [0.05, 0.1) is 41.8 Å². The number of anilines is 2. The second kappa shape index (κ2) is 11.8. The Morgan fingerprint density at radius 2 is 1.69 bits per heavy atom. The highest BCUT2D eigenvalue weighted by atomic mass is 35.5. The zero-order valence-corrected chi connectivity index (χ0v) is 21.5. The lowest BCUT2D eigenvalue weighted by Crippen LogP contribution is -2.37. The van der Waals surface area contributed by atoms with E-state index in [9.17, 15) is 28.7 Å². The Hall–Kier alpha value is -4.06. The van der Waals surface area contributed by atoms with Crippen LogP contribution in [0.15, 0.2) is 71.7 Å². The van der Waals surface area contributed by atoms with E-state index in [-0.39, 0.29) is 23.5 Å². The molecule has 4 unspecified atom stereocenters. The fourth-order valence-electron chi connectivity index (χ4n) is 4.36. The van der Waals surface area contributed by atoms with Crippen LogP contribution in [-0.4, -0.2) is 63.7 Å². The van der Waals surface area contributed by atoms with Gasteiger partial charge < -0.3 is 25.7 Å². The van der Waals surface area contributed by atoms with Gasteiger partial charge in [-0.05, 0) is 42.5 Å². The number of hydrogen-bond donors (Lipinski definition) is 4. The molecule has 12 heteroatoms. The number of rotatable bonds is 9. The van der Waals surface area contributed by atoms with Gasteiger partial charge >= 0.3 is 0 Å². The first-order valence-electron chi connectivity index (χ1n) is 12.0. The predicted molar refractivity (Wildman–Crippen MR) is 142 cm³/mol. The average Bonchev–Trinajstić information content (AvgIpc) is 3.67. The first kappa shape index (κ1) is 28.0. The molecule has 1 fully saturated rings. The molecule has 4 atom stereocenters. The van der Waals surface area contributed by atoms with E-state index in [1.807, 2.05) is 0 Å². The molecule has 0 bridgehead atoms. The van der Waals surface area contributed by atoms with Gasteiger partial charge in [-0.3, -0.25) is 23.7 Å². The van der Waals surface area contributed by atoms with Crippen LogP contribution in [0.4, 0.5) is 15.8 Å². The van der Waals surface area contributed by atoms with E-state index in [0.717, 1.165) is 11.0 Å². The summed E-state index contributed by atoms with van der Waals surface area (Å²) >= 11 is 5.88. The van der Waals surface area contributed by atoms with Gasteiger partial charge in [0.2, 0.25) is 17.7 Å². The number of nitrogens with one attached hydrogen (secondary N) is 2. The van der Waals surface area contributed by atoms with Crippen LogP contribution in [0.3, 0.4) is 0 Å². The molecule has 0 radical (unpaired) electrons. The Balaban J connectivity index is 1.53. The van der Waals surface area contributed by atoms with Crippen molar-refractivity contribution in [3.63, 3.8) is 0 Å². The van der Waals surface area contributed by atoms with E-state index in [2.05, 4.69) is 10.6 Å². The summed E-state index contributed by atoms with van der Waals surface area (Å²) in [6.07, 6.45) is 0.278. The van der Waals surface area contributed by atoms with Crippen molar-refractivity contribution in [3.05, 3.63) is 88.1 Å². The first-order valence-corrected chi connectivity index (χ1v) is 12.4. The lowest BCUT2D eigenvalue weighted by Gasteiger charge is -2.20. The molecule has 0 aliphatic heterocycles. The number of likely N-dealkylation sites (N-methyl/N-ethyl adjacent to an activating group) is 1. The number of aliphatic hydroxyl groups excluding tert-OH is 2. The smallest absolute Gasteiger partial charge is 0.255 e. The van der Waals surface area contributed by atoms with Crippen molar-refractivity contribution in [1.82, 2.24) is 9.47 Å². The molecular formula is C27H26ClFN4O6. The zero-order valence-electron chi connectivity index (χ0n) is 20.8. The van der Waals surface area contributed by atoms with Crippen molar-refractivity contribution < 1.29 is 29.0 Å². The summed E-state index contributed by atoms with van der Waals surface area (Å²) in [6, 6.07) is 14.6. The van der Waals surface area contributed by atoms with Crippen LogP contribution in [-0.2, 0) is 14.4 Å². The maximum absolute atomic E-state index is 14.9. The summed E-state index contributed by atoms with van der Waals surface area (Å²) in [7, 11) is 1.38. The Labute approximate surface area is 227 Å². The summed E-state index contributed by atoms with van der Waals surface area (Å²) in [5.41, 5.74) is 0.105. The number of aliphatic hydroxyl groups is 2. The molecule has 0 saturated heterocycles. The molecule has 4 rings (SSSR count). The molecule has 1 heterocycles. The van der Waals surface area contributed by atoms with Gasteiger partial charge in [0.1, 0.15) is 5.82 Å². The van der Waals surface area contributed by atoms with E-state index >= 15 is 0 Å². The van der Waals surface area contributed by atoms with Crippen LogP contribution in [0.2, 0.25) is 5.02 Å². The molecule has 204 valence electrons. The topological polar surface area (TPSA) is 141 Å². The van der Waals surface area contributed by atoms with Crippen LogP contribution in [0.1, 0.15) is 0 Å². The third kappa shape index (κ3) is 6.33. The lowest BCUT2D eigenvalue weighted by atomic mass is 10.2. The molecule has 1 aliphatic rings. The molecule has 4 N–H and O–H groups in total. The van der Waals surface area contributed by atoms with Crippen molar-refractivity contribution in [2.24, 2.45) is 17.8 Å². The second-order valence-corrected chi connectivity index (χ2v) is 9.63. The number of benzene rings is 2. The van der Waals surface area contributed by atoms with Crippen LogP contribution >= 0.6 is 11.6 Å². The first-order chi connectivity index (χ1) is 18.6. The lowest BCUT2D eigenvalue weighted by molar-refractivity contribution is -0.135. The number of carbonyl (C=O) groups excluding carboxylic acids is 3.